The van der Waals surface area contributed by atoms with E-state index in [2.05, 4.69) is 89.8 Å². The van der Waals surface area contributed by atoms with Crippen molar-refractivity contribution in [1.29, 1.82) is 0 Å². The number of hydrogen-bond donors (Lipinski definition) is 0. The molecule has 174 valence electrons. The molecule has 0 N–H and O–H groups in total. The second-order valence-electron chi connectivity index (χ2n) is 7.94. The topological polar surface area (TPSA) is 77.8 Å². The van der Waals surface area contributed by atoms with Gasteiger partial charge in [0.1, 0.15) is 0 Å². The summed E-state index contributed by atoms with van der Waals surface area (Å²) in [5.74, 6) is 1.84. The van der Waals surface area contributed by atoms with E-state index < -0.39 is 0 Å². The molecular weight excluding hydrogens is 678 g/mol. The lowest BCUT2D eigenvalue weighted by molar-refractivity contribution is 0.583. The summed E-state index contributed by atoms with van der Waals surface area (Å²) in [5, 5.41) is 17.4. The molecule has 0 saturated heterocycles. The number of nitrogens with zero attached hydrogens (tertiary/aromatic N) is 4. The molecule has 6 nitrogen and oxygen atoms in total. The molecule has 0 aliphatic carbocycles. The number of benzene rings is 4. The van der Waals surface area contributed by atoms with E-state index in [1.54, 1.807) is 0 Å². The molecule has 0 amide bonds. The second kappa shape index (κ2) is 9.94. The molecule has 0 saturated carbocycles. The Bertz CT molecular complexity index is 1540. The molecule has 0 spiro atoms. The molecule has 0 atom stereocenters. The van der Waals surface area contributed by atoms with Gasteiger partial charge in [0.2, 0.25) is 23.6 Å². The lowest BCUT2D eigenvalue weighted by atomic mass is 9.95. The minimum absolute atomic E-state index is 0.447. The van der Waals surface area contributed by atoms with E-state index in [1.165, 1.54) is 0 Å². The van der Waals surface area contributed by atoms with Gasteiger partial charge in [-0.05, 0) is 105 Å². The summed E-state index contributed by atoms with van der Waals surface area (Å²) >= 11 is 4.58. The summed E-state index contributed by atoms with van der Waals surface area (Å²) in [4.78, 5) is 0. The number of aromatic nitrogens is 4. The first-order chi connectivity index (χ1) is 17.7. The Morgan fingerprint density at radius 1 is 0.417 bits per heavy atom. The van der Waals surface area contributed by atoms with Gasteiger partial charge in [-0.2, -0.15) is 0 Å². The van der Waals surface area contributed by atoms with Crippen molar-refractivity contribution in [1.82, 2.24) is 20.4 Å². The maximum Gasteiger partial charge on any atom is 0.248 e. The van der Waals surface area contributed by atoms with Gasteiger partial charge in [0.25, 0.3) is 0 Å². The van der Waals surface area contributed by atoms with Gasteiger partial charge in [0.05, 0.1) is 0 Å². The van der Waals surface area contributed by atoms with Gasteiger partial charge in [0, 0.05) is 29.4 Å². The van der Waals surface area contributed by atoms with E-state index in [9.17, 15) is 0 Å². The van der Waals surface area contributed by atoms with E-state index in [0.717, 1.165) is 40.5 Å². The molecule has 6 aromatic rings. The lowest BCUT2D eigenvalue weighted by Gasteiger charge is -2.11. The highest BCUT2D eigenvalue weighted by atomic mass is 127. The first-order valence-corrected chi connectivity index (χ1v) is 13.2. The smallest absolute Gasteiger partial charge is 0.248 e. The molecule has 0 aliphatic heterocycles. The van der Waals surface area contributed by atoms with Crippen LogP contribution < -0.4 is 0 Å². The molecule has 0 radical (unpaired) electrons. The van der Waals surface area contributed by atoms with Crippen molar-refractivity contribution in [2.45, 2.75) is 0 Å². The van der Waals surface area contributed by atoms with Crippen LogP contribution >= 0.6 is 45.2 Å². The van der Waals surface area contributed by atoms with Gasteiger partial charge in [-0.25, -0.2) is 0 Å². The molecule has 4 aromatic carbocycles. The highest BCUT2D eigenvalue weighted by molar-refractivity contribution is 14.1. The standard InChI is InChI=1S/C28H16I2N4O2/c29-19-11-13-21(23(15-19)27-33-31-25(35-27)17-7-3-1-4-8-17)22-14-12-20(30)16-24(22)28-34-32-26(36-28)18-9-5-2-6-10-18/h1-16H. The Morgan fingerprint density at radius 2 is 0.806 bits per heavy atom. The molecule has 6 rings (SSSR count). The van der Waals surface area contributed by atoms with Crippen LogP contribution in [0.1, 0.15) is 0 Å². The van der Waals surface area contributed by atoms with Crippen LogP contribution in [-0.4, -0.2) is 20.4 Å². The summed E-state index contributed by atoms with van der Waals surface area (Å²) in [6.45, 7) is 0. The van der Waals surface area contributed by atoms with Crippen molar-refractivity contribution in [2.75, 3.05) is 0 Å². The zero-order valence-electron chi connectivity index (χ0n) is 18.6. The Balaban J connectivity index is 1.48. The molecule has 2 aromatic heterocycles. The van der Waals surface area contributed by atoms with Crippen molar-refractivity contribution in [3.05, 3.63) is 104 Å². The highest BCUT2D eigenvalue weighted by Gasteiger charge is 2.21. The van der Waals surface area contributed by atoms with Crippen LogP contribution in [0.25, 0.3) is 56.9 Å². The van der Waals surface area contributed by atoms with Gasteiger partial charge < -0.3 is 8.83 Å². The molecule has 0 bridgehead atoms. The minimum atomic E-state index is 0.447. The molecule has 2 heterocycles. The fraction of sp³-hybridized carbons (Fsp3) is 0. The van der Waals surface area contributed by atoms with E-state index in [1.807, 2.05) is 72.8 Å². The number of hydrogen-bond acceptors (Lipinski definition) is 6. The van der Waals surface area contributed by atoms with Gasteiger partial charge in [-0.15, -0.1) is 20.4 Å². The van der Waals surface area contributed by atoms with Crippen LogP contribution in [-0.2, 0) is 0 Å². The van der Waals surface area contributed by atoms with E-state index in [0.29, 0.717) is 23.6 Å². The Labute approximate surface area is 234 Å². The van der Waals surface area contributed by atoms with Gasteiger partial charge in [-0.3, -0.25) is 0 Å². The van der Waals surface area contributed by atoms with Crippen molar-refractivity contribution < 1.29 is 8.83 Å². The van der Waals surface area contributed by atoms with E-state index >= 15 is 0 Å². The van der Waals surface area contributed by atoms with Gasteiger partial charge >= 0.3 is 0 Å². The summed E-state index contributed by atoms with van der Waals surface area (Å²) in [6, 6.07) is 31.8. The Hall–Kier alpha value is -3.38. The Morgan fingerprint density at radius 3 is 1.22 bits per heavy atom. The average molecular weight is 694 g/mol. The fourth-order valence-electron chi connectivity index (χ4n) is 3.92. The maximum absolute atomic E-state index is 6.13. The van der Waals surface area contributed by atoms with E-state index in [-0.39, 0.29) is 0 Å². The highest BCUT2D eigenvalue weighted by Crippen LogP contribution is 2.40. The molecule has 8 heteroatoms. The summed E-state index contributed by atoms with van der Waals surface area (Å²) in [6.07, 6.45) is 0. The largest absolute Gasteiger partial charge is 0.416 e. The van der Waals surface area contributed by atoms with Crippen LogP contribution in [0, 0.1) is 7.14 Å². The average Bonchev–Trinajstić information content (AvgIpc) is 3.61. The number of rotatable bonds is 5. The molecule has 0 unspecified atom stereocenters. The number of halogens is 2. The van der Waals surface area contributed by atoms with Crippen molar-refractivity contribution in [3.8, 4) is 56.9 Å². The van der Waals surface area contributed by atoms with Crippen LogP contribution in [0.3, 0.4) is 0 Å². The monoisotopic (exact) mass is 694 g/mol. The van der Waals surface area contributed by atoms with Crippen LogP contribution in [0.5, 0.6) is 0 Å². The van der Waals surface area contributed by atoms with Crippen molar-refractivity contribution in [2.24, 2.45) is 0 Å². The van der Waals surface area contributed by atoms with Gasteiger partial charge in [0.15, 0.2) is 0 Å². The normalized spacial score (nSPS) is 11.1. The maximum atomic E-state index is 6.13. The quantitative estimate of drug-likeness (QED) is 0.170. The van der Waals surface area contributed by atoms with E-state index in [4.69, 9.17) is 8.83 Å². The first kappa shape index (κ1) is 23.0. The predicted molar refractivity (Wildman–Crippen MR) is 155 cm³/mol. The van der Waals surface area contributed by atoms with Crippen LogP contribution in [0.4, 0.5) is 0 Å². The SMILES string of the molecule is Ic1ccc(-c2ccc(I)cc2-c2nnc(-c3ccccc3)o2)c(-c2nnc(-c3ccccc3)o2)c1. The molecule has 36 heavy (non-hydrogen) atoms. The van der Waals surface area contributed by atoms with Crippen molar-refractivity contribution in [3.63, 3.8) is 0 Å². The molecular formula is C28H16I2N4O2. The molecule has 0 aliphatic rings. The third-order valence-corrected chi connectivity index (χ3v) is 6.95. The van der Waals surface area contributed by atoms with Crippen LogP contribution in [0.15, 0.2) is 106 Å². The van der Waals surface area contributed by atoms with Gasteiger partial charge in [-0.1, -0.05) is 48.5 Å². The summed E-state index contributed by atoms with van der Waals surface area (Å²) < 4.78 is 14.4. The van der Waals surface area contributed by atoms with Crippen molar-refractivity contribution >= 4 is 45.2 Å². The second-order valence-corrected chi connectivity index (χ2v) is 10.4. The lowest BCUT2D eigenvalue weighted by Crippen LogP contribution is -1.91. The fourth-order valence-corrected chi connectivity index (χ4v) is 4.90. The third-order valence-electron chi connectivity index (χ3n) is 5.61. The minimum Gasteiger partial charge on any atom is -0.416 e. The summed E-state index contributed by atoms with van der Waals surface area (Å²) in [7, 11) is 0. The Kier molecular flexibility index (Phi) is 6.36. The zero-order valence-corrected chi connectivity index (χ0v) is 22.9. The summed E-state index contributed by atoms with van der Waals surface area (Å²) in [5.41, 5.74) is 5.29. The zero-order chi connectivity index (χ0) is 24.5. The van der Waals surface area contributed by atoms with Crippen LogP contribution in [0.2, 0.25) is 0 Å². The third kappa shape index (κ3) is 4.58. The molecule has 0 fully saturated rings. The predicted octanol–water partition coefficient (Wildman–Crippen LogP) is 8.00. The first-order valence-electron chi connectivity index (χ1n) is 11.0.